The molecule has 0 atom stereocenters. The Morgan fingerprint density at radius 2 is 2.21 bits per heavy atom. The highest BCUT2D eigenvalue weighted by atomic mass is 32.2. The predicted octanol–water partition coefficient (Wildman–Crippen LogP) is 2.82. The highest BCUT2D eigenvalue weighted by Gasteiger charge is 1.95. The molecule has 0 aliphatic carbocycles. The molecule has 0 bridgehead atoms. The van der Waals surface area contributed by atoms with E-state index >= 15 is 0 Å². The standard InChI is InChI=1S/C11H18N2S/c1-2-3-4-7-14-11-6-5-10(8-12)9-13-11/h5-6,9H,2-4,7-8,12H2,1H3. The fourth-order valence-electron chi connectivity index (χ4n) is 1.15. The molecular weight excluding hydrogens is 192 g/mol. The number of rotatable bonds is 6. The molecule has 0 aliphatic rings. The second-order valence-corrected chi connectivity index (χ2v) is 4.38. The molecule has 0 saturated heterocycles. The molecular formula is C11H18N2S. The van der Waals surface area contributed by atoms with E-state index in [1.807, 2.05) is 18.0 Å². The van der Waals surface area contributed by atoms with Crippen LogP contribution >= 0.6 is 11.8 Å². The lowest BCUT2D eigenvalue weighted by Gasteiger charge is -2.01. The van der Waals surface area contributed by atoms with Gasteiger partial charge in [-0.1, -0.05) is 25.8 Å². The van der Waals surface area contributed by atoms with Crippen molar-refractivity contribution in [3.8, 4) is 0 Å². The van der Waals surface area contributed by atoms with Crippen LogP contribution in [0.2, 0.25) is 0 Å². The zero-order valence-corrected chi connectivity index (χ0v) is 9.52. The average Bonchev–Trinajstić information content (AvgIpc) is 2.25. The fourth-order valence-corrected chi connectivity index (χ4v) is 1.99. The van der Waals surface area contributed by atoms with E-state index in [9.17, 15) is 0 Å². The van der Waals surface area contributed by atoms with E-state index in [1.54, 1.807) is 0 Å². The third-order valence-electron chi connectivity index (χ3n) is 2.03. The van der Waals surface area contributed by atoms with Crippen LogP contribution in [-0.2, 0) is 6.54 Å². The highest BCUT2D eigenvalue weighted by molar-refractivity contribution is 7.99. The van der Waals surface area contributed by atoms with Gasteiger partial charge in [0.05, 0.1) is 5.03 Å². The summed E-state index contributed by atoms with van der Waals surface area (Å²) in [4.78, 5) is 4.33. The van der Waals surface area contributed by atoms with Gasteiger partial charge in [-0.3, -0.25) is 0 Å². The van der Waals surface area contributed by atoms with Gasteiger partial charge in [-0.2, -0.15) is 0 Å². The van der Waals surface area contributed by atoms with Crippen molar-refractivity contribution in [2.24, 2.45) is 5.73 Å². The third kappa shape index (κ3) is 4.11. The number of nitrogens with two attached hydrogens (primary N) is 1. The summed E-state index contributed by atoms with van der Waals surface area (Å²) in [5.74, 6) is 1.17. The molecule has 14 heavy (non-hydrogen) atoms. The molecule has 1 aromatic heterocycles. The van der Waals surface area contributed by atoms with Crippen molar-refractivity contribution in [1.82, 2.24) is 4.98 Å². The summed E-state index contributed by atoms with van der Waals surface area (Å²) in [5.41, 5.74) is 6.59. The Bertz CT molecular complexity index is 246. The van der Waals surface area contributed by atoms with Crippen LogP contribution in [0.5, 0.6) is 0 Å². The summed E-state index contributed by atoms with van der Waals surface area (Å²) in [7, 11) is 0. The van der Waals surface area contributed by atoms with E-state index in [1.165, 1.54) is 25.0 Å². The SMILES string of the molecule is CCCCCSc1ccc(CN)cn1. The molecule has 1 heterocycles. The molecule has 2 N–H and O–H groups in total. The Balaban J connectivity index is 2.29. The van der Waals surface area contributed by atoms with Crippen LogP contribution in [0, 0.1) is 0 Å². The van der Waals surface area contributed by atoms with Crippen LogP contribution in [0.1, 0.15) is 31.7 Å². The Morgan fingerprint density at radius 3 is 2.79 bits per heavy atom. The Kier molecular flexibility index (Phi) is 5.64. The zero-order valence-electron chi connectivity index (χ0n) is 8.70. The zero-order chi connectivity index (χ0) is 10.2. The topological polar surface area (TPSA) is 38.9 Å². The van der Waals surface area contributed by atoms with Gasteiger partial charge in [-0.25, -0.2) is 4.98 Å². The molecule has 2 nitrogen and oxygen atoms in total. The number of aromatic nitrogens is 1. The van der Waals surface area contributed by atoms with Crippen LogP contribution in [-0.4, -0.2) is 10.7 Å². The lowest BCUT2D eigenvalue weighted by Crippen LogP contribution is -1.96. The van der Waals surface area contributed by atoms with Gasteiger partial charge in [-0.15, -0.1) is 11.8 Å². The first-order chi connectivity index (χ1) is 6.86. The molecule has 0 amide bonds. The fraction of sp³-hybridized carbons (Fsp3) is 0.545. The Morgan fingerprint density at radius 1 is 1.36 bits per heavy atom. The van der Waals surface area contributed by atoms with E-state index in [0.717, 1.165) is 10.6 Å². The van der Waals surface area contributed by atoms with E-state index in [4.69, 9.17) is 5.73 Å². The summed E-state index contributed by atoms with van der Waals surface area (Å²) in [6, 6.07) is 4.11. The van der Waals surface area contributed by atoms with Crippen molar-refractivity contribution < 1.29 is 0 Å². The minimum absolute atomic E-state index is 0.577. The van der Waals surface area contributed by atoms with Gasteiger partial charge in [0.25, 0.3) is 0 Å². The van der Waals surface area contributed by atoms with Crippen LogP contribution in [0.15, 0.2) is 23.4 Å². The number of hydrogen-bond acceptors (Lipinski definition) is 3. The van der Waals surface area contributed by atoms with Crippen LogP contribution in [0.4, 0.5) is 0 Å². The van der Waals surface area contributed by atoms with Crippen molar-refractivity contribution in [3.05, 3.63) is 23.9 Å². The summed E-state index contributed by atoms with van der Waals surface area (Å²) in [6.45, 7) is 2.80. The molecule has 0 aromatic carbocycles. The minimum Gasteiger partial charge on any atom is -0.326 e. The van der Waals surface area contributed by atoms with Gasteiger partial charge >= 0.3 is 0 Å². The molecule has 0 fully saturated rings. The van der Waals surface area contributed by atoms with Gasteiger partial charge < -0.3 is 5.73 Å². The van der Waals surface area contributed by atoms with Gasteiger partial charge in [0, 0.05) is 12.7 Å². The van der Waals surface area contributed by atoms with Crippen molar-refractivity contribution in [3.63, 3.8) is 0 Å². The molecule has 0 aliphatic heterocycles. The van der Waals surface area contributed by atoms with Crippen molar-refractivity contribution in [2.45, 2.75) is 37.8 Å². The molecule has 1 aromatic rings. The van der Waals surface area contributed by atoms with Crippen molar-refractivity contribution >= 4 is 11.8 Å². The average molecular weight is 210 g/mol. The third-order valence-corrected chi connectivity index (χ3v) is 3.06. The Hall–Kier alpha value is -0.540. The first-order valence-electron chi connectivity index (χ1n) is 5.14. The van der Waals surface area contributed by atoms with Crippen LogP contribution in [0.25, 0.3) is 0 Å². The van der Waals surface area contributed by atoms with Crippen molar-refractivity contribution in [1.29, 1.82) is 0 Å². The summed E-state index contributed by atoms with van der Waals surface area (Å²) in [6.07, 6.45) is 5.73. The van der Waals surface area contributed by atoms with Crippen LogP contribution < -0.4 is 5.73 Å². The number of hydrogen-bond donors (Lipinski definition) is 1. The first-order valence-corrected chi connectivity index (χ1v) is 6.13. The number of nitrogens with zero attached hydrogens (tertiary/aromatic N) is 1. The summed E-state index contributed by atoms with van der Waals surface area (Å²) in [5, 5.41) is 1.11. The molecule has 1 rings (SSSR count). The number of unbranched alkanes of at least 4 members (excludes halogenated alkanes) is 2. The van der Waals surface area contributed by atoms with Gasteiger partial charge in [0.1, 0.15) is 0 Å². The maximum Gasteiger partial charge on any atom is 0.0960 e. The maximum absolute atomic E-state index is 5.49. The second kappa shape index (κ2) is 6.85. The van der Waals surface area contributed by atoms with Gasteiger partial charge in [0.15, 0.2) is 0 Å². The minimum atomic E-state index is 0.577. The lowest BCUT2D eigenvalue weighted by atomic mass is 10.3. The van der Waals surface area contributed by atoms with Crippen molar-refractivity contribution in [2.75, 3.05) is 5.75 Å². The van der Waals surface area contributed by atoms with E-state index in [-0.39, 0.29) is 0 Å². The normalized spacial score (nSPS) is 10.4. The molecule has 0 saturated carbocycles. The highest BCUT2D eigenvalue weighted by Crippen LogP contribution is 2.17. The monoisotopic (exact) mass is 210 g/mol. The maximum atomic E-state index is 5.49. The van der Waals surface area contributed by atoms with E-state index in [2.05, 4.69) is 24.0 Å². The molecule has 0 radical (unpaired) electrons. The summed E-state index contributed by atoms with van der Waals surface area (Å²) >= 11 is 1.83. The molecule has 0 unspecified atom stereocenters. The van der Waals surface area contributed by atoms with E-state index < -0.39 is 0 Å². The first kappa shape index (κ1) is 11.5. The van der Waals surface area contributed by atoms with Gasteiger partial charge in [0.2, 0.25) is 0 Å². The molecule has 78 valence electrons. The second-order valence-electron chi connectivity index (χ2n) is 3.26. The lowest BCUT2D eigenvalue weighted by molar-refractivity contribution is 0.778. The predicted molar refractivity (Wildman–Crippen MR) is 62.4 cm³/mol. The number of thioether (sulfide) groups is 1. The smallest absolute Gasteiger partial charge is 0.0960 e. The molecule has 3 heteroatoms. The number of pyridine rings is 1. The van der Waals surface area contributed by atoms with Gasteiger partial charge in [-0.05, 0) is 23.8 Å². The van der Waals surface area contributed by atoms with Crippen LogP contribution in [0.3, 0.4) is 0 Å². The summed E-state index contributed by atoms with van der Waals surface area (Å²) < 4.78 is 0. The van der Waals surface area contributed by atoms with E-state index in [0.29, 0.717) is 6.54 Å². The Labute approximate surface area is 90.3 Å². The molecule has 0 spiro atoms. The quantitative estimate of drug-likeness (QED) is 0.579. The largest absolute Gasteiger partial charge is 0.326 e.